The molecule has 2 saturated heterocycles. The summed E-state index contributed by atoms with van der Waals surface area (Å²) in [6.45, 7) is 4.29. The van der Waals surface area contributed by atoms with Crippen LogP contribution >= 0.6 is 0 Å². The van der Waals surface area contributed by atoms with Crippen LogP contribution in [0.5, 0.6) is 0 Å². The summed E-state index contributed by atoms with van der Waals surface area (Å²) >= 11 is 0. The highest BCUT2D eigenvalue weighted by Crippen LogP contribution is 2.57. The van der Waals surface area contributed by atoms with Crippen LogP contribution in [0, 0.1) is 11.8 Å². The molecule has 42 heavy (non-hydrogen) atoms. The fourth-order valence-corrected chi connectivity index (χ4v) is 6.74. The zero-order valence-corrected chi connectivity index (χ0v) is 24.3. The number of hydrogen-bond donors (Lipinski definition) is 2. The first-order chi connectivity index (χ1) is 20.3. The van der Waals surface area contributed by atoms with E-state index in [1.807, 2.05) is 42.5 Å². The summed E-state index contributed by atoms with van der Waals surface area (Å²) in [5.74, 6) is -3.43. The van der Waals surface area contributed by atoms with Crippen molar-refractivity contribution in [2.45, 2.75) is 75.8 Å². The minimum Gasteiger partial charge on any atom is -0.460 e. The van der Waals surface area contributed by atoms with Crippen LogP contribution in [-0.2, 0) is 28.7 Å². The molecule has 7 atom stereocenters. The third-order valence-electron chi connectivity index (χ3n) is 8.79. The maximum Gasteiger partial charge on any atom is 0.313 e. The van der Waals surface area contributed by atoms with Gasteiger partial charge in [-0.1, -0.05) is 74.4 Å². The molecule has 1 aromatic carbocycles. The summed E-state index contributed by atoms with van der Waals surface area (Å²) in [6, 6.07) is 7.23. The summed E-state index contributed by atoms with van der Waals surface area (Å²) in [5, 5.41) is 13.4. The fraction of sp³-hybridized carbons (Fsp3) is 0.562. The highest BCUT2D eigenvalue weighted by Gasteiger charge is 2.74. The number of unbranched alkanes of at least 4 members (excludes halogenated alkanes) is 2. The van der Waals surface area contributed by atoms with Crippen LogP contribution in [0.15, 0.2) is 54.6 Å². The number of hydrogen-bond acceptors (Lipinski definition) is 7. The van der Waals surface area contributed by atoms with E-state index in [0.29, 0.717) is 25.1 Å². The van der Waals surface area contributed by atoms with Crippen molar-refractivity contribution in [2.75, 3.05) is 26.2 Å². The second-order valence-corrected chi connectivity index (χ2v) is 11.6. The van der Waals surface area contributed by atoms with Crippen molar-refractivity contribution in [1.82, 2.24) is 15.1 Å². The Morgan fingerprint density at radius 2 is 1.88 bits per heavy atom. The number of esters is 1. The second-order valence-electron chi connectivity index (χ2n) is 11.6. The van der Waals surface area contributed by atoms with Gasteiger partial charge < -0.3 is 29.7 Å². The first-order valence-corrected chi connectivity index (χ1v) is 15.1. The van der Waals surface area contributed by atoms with Crippen molar-refractivity contribution in [3.05, 3.63) is 60.2 Å². The van der Waals surface area contributed by atoms with E-state index in [9.17, 15) is 24.3 Å². The lowest BCUT2D eigenvalue weighted by Gasteiger charge is -2.39. The number of ether oxygens (including phenoxy) is 2. The molecule has 0 radical (unpaired) electrons. The predicted octanol–water partition coefficient (Wildman–Crippen LogP) is 2.29. The van der Waals surface area contributed by atoms with Gasteiger partial charge in [-0.25, -0.2) is 0 Å². The molecule has 10 nitrogen and oxygen atoms in total. The quantitative estimate of drug-likeness (QED) is 0.289. The highest BCUT2D eigenvalue weighted by molar-refractivity contribution is 5.99. The first kappa shape index (κ1) is 30.0. The average Bonchev–Trinajstić information content (AvgIpc) is 3.63. The van der Waals surface area contributed by atoms with Gasteiger partial charge in [0.1, 0.15) is 23.7 Å². The molecule has 0 aromatic heterocycles. The largest absolute Gasteiger partial charge is 0.460 e. The molecule has 0 saturated carbocycles. The lowest BCUT2D eigenvalue weighted by atomic mass is 9.74. The summed E-state index contributed by atoms with van der Waals surface area (Å²) in [4.78, 5) is 58.2. The van der Waals surface area contributed by atoms with Gasteiger partial charge in [0.15, 0.2) is 0 Å². The standard InChI is InChI=1S/C32H41N3O7/c1-3-4-10-17-34-18-11-6-9-14-25(37)33-19-21(2)41-31(40)26-24-15-16-32(42-24)27(26)29(38)35(28(32)30(34)39)23(20-36)22-12-7-5-8-13-22/h5-8,11-13,15-16,21,23-24,26-28,36H,3-4,9-10,14,17-20H2,1-2H3,(H,33,37)/b11-6-/t21-,23-,24+,26-,27-,28+,32-/m1/s1. The van der Waals surface area contributed by atoms with Crippen LogP contribution in [-0.4, -0.2) is 88.7 Å². The lowest BCUT2D eigenvalue weighted by molar-refractivity contribution is -0.159. The minimum absolute atomic E-state index is 0.144. The SMILES string of the molecule is CCCCCN1C/C=C\CCC(=O)NC[C@@H](C)OC(=O)[C@@H]2[C@@H]3C=C[C@]4(O3)[C@H](C1=O)N([C@H](CO)c1ccccc1)C(=O)[C@@H]24. The van der Waals surface area contributed by atoms with Gasteiger partial charge in [0.25, 0.3) is 0 Å². The maximum atomic E-state index is 14.6. The molecule has 4 aliphatic heterocycles. The molecule has 3 amide bonds. The monoisotopic (exact) mass is 579 g/mol. The number of rotatable bonds is 7. The number of allylic oxidation sites excluding steroid dienone is 1. The Bertz CT molecular complexity index is 1230. The molecule has 5 rings (SSSR count). The van der Waals surface area contributed by atoms with Crippen LogP contribution in [0.4, 0.5) is 0 Å². The fourth-order valence-electron chi connectivity index (χ4n) is 6.74. The summed E-state index contributed by atoms with van der Waals surface area (Å²) in [6.07, 6.45) is 9.39. The molecule has 0 unspecified atom stereocenters. The van der Waals surface area contributed by atoms with E-state index in [1.54, 1.807) is 24.0 Å². The predicted molar refractivity (Wildman–Crippen MR) is 154 cm³/mol. The van der Waals surface area contributed by atoms with Gasteiger partial charge >= 0.3 is 5.97 Å². The van der Waals surface area contributed by atoms with Crippen molar-refractivity contribution in [2.24, 2.45) is 11.8 Å². The normalized spacial score (nSPS) is 33.0. The lowest BCUT2D eigenvalue weighted by Crippen LogP contribution is -2.56. The third-order valence-corrected chi connectivity index (χ3v) is 8.79. The zero-order valence-electron chi connectivity index (χ0n) is 24.3. The molecule has 2 fully saturated rings. The molecule has 0 aliphatic carbocycles. The Balaban J connectivity index is 1.59. The van der Waals surface area contributed by atoms with E-state index < -0.39 is 60.2 Å². The molecular weight excluding hydrogens is 538 g/mol. The topological polar surface area (TPSA) is 125 Å². The van der Waals surface area contributed by atoms with Crippen molar-refractivity contribution >= 4 is 23.7 Å². The number of amides is 3. The Kier molecular flexibility index (Phi) is 9.13. The minimum atomic E-state index is -1.37. The molecule has 10 heteroatoms. The molecule has 4 aliphatic rings. The molecule has 1 aromatic rings. The van der Waals surface area contributed by atoms with E-state index in [2.05, 4.69) is 12.2 Å². The van der Waals surface area contributed by atoms with E-state index in [1.165, 1.54) is 4.90 Å². The van der Waals surface area contributed by atoms with Gasteiger partial charge in [-0.15, -0.1) is 0 Å². The van der Waals surface area contributed by atoms with Crippen LogP contribution < -0.4 is 5.32 Å². The third kappa shape index (κ3) is 5.49. The zero-order chi connectivity index (χ0) is 29.9. The number of nitrogens with one attached hydrogen (secondary N) is 1. The summed E-state index contributed by atoms with van der Waals surface area (Å²) in [5.41, 5.74) is -0.688. The van der Waals surface area contributed by atoms with Gasteiger partial charge in [0.05, 0.1) is 31.2 Å². The van der Waals surface area contributed by atoms with E-state index in [-0.39, 0.29) is 24.8 Å². The van der Waals surface area contributed by atoms with Crippen LogP contribution in [0.3, 0.4) is 0 Å². The smallest absolute Gasteiger partial charge is 0.313 e. The maximum absolute atomic E-state index is 14.6. The molecule has 2 N–H and O–H groups in total. The number of fused-ring (bicyclic) bond motifs is 2. The van der Waals surface area contributed by atoms with Gasteiger partial charge in [0, 0.05) is 19.5 Å². The number of likely N-dealkylation sites (tertiary alicyclic amines) is 1. The van der Waals surface area contributed by atoms with Crippen molar-refractivity contribution < 1.29 is 33.8 Å². The number of carbonyl (C=O) groups is 4. The first-order valence-electron chi connectivity index (χ1n) is 15.1. The Morgan fingerprint density at radius 1 is 1.10 bits per heavy atom. The Hall–Kier alpha value is -3.50. The van der Waals surface area contributed by atoms with Gasteiger partial charge in [-0.3, -0.25) is 19.2 Å². The Labute approximate surface area is 246 Å². The summed E-state index contributed by atoms with van der Waals surface area (Å²) < 4.78 is 12.2. The molecule has 4 heterocycles. The van der Waals surface area contributed by atoms with Crippen molar-refractivity contribution in [3.8, 4) is 0 Å². The number of carbonyl (C=O) groups excluding carboxylic acids is 4. The number of aliphatic hydroxyl groups excluding tert-OH is 1. The second kappa shape index (κ2) is 12.8. The Morgan fingerprint density at radius 3 is 2.62 bits per heavy atom. The highest BCUT2D eigenvalue weighted by atomic mass is 16.6. The van der Waals surface area contributed by atoms with Crippen LogP contribution in [0.2, 0.25) is 0 Å². The van der Waals surface area contributed by atoms with Crippen molar-refractivity contribution in [1.29, 1.82) is 0 Å². The summed E-state index contributed by atoms with van der Waals surface area (Å²) in [7, 11) is 0. The van der Waals surface area contributed by atoms with E-state index in [4.69, 9.17) is 9.47 Å². The van der Waals surface area contributed by atoms with Crippen molar-refractivity contribution in [3.63, 3.8) is 0 Å². The van der Waals surface area contributed by atoms with Gasteiger partial charge in [-0.05, 0) is 25.3 Å². The molecule has 1 spiro atoms. The number of aliphatic hydroxyl groups is 1. The van der Waals surface area contributed by atoms with Crippen LogP contribution in [0.25, 0.3) is 0 Å². The van der Waals surface area contributed by atoms with E-state index >= 15 is 0 Å². The number of nitrogens with zero attached hydrogens (tertiary/aromatic N) is 2. The molecular formula is C32H41N3O7. The van der Waals surface area contributed by atoms with E-state index in [0.717, 1.165) is 19.3 Å². The van der Waals surface area contributed by atoms with Gasteiger partial charge in [-0.2, -0.15) is 0 Å². The van der Waals surface area contributed by atoms with Gasteiger partial charge in [0.2, 0.25) is 17.7 Å². The number of benzene rings is 1. The molecule has 226 valence electrons. The number of cyclic esters (lactones) is 1. The average molecular weight is 580 g/mol. The van der Waals surface area contributed by atoms with Crippen LogP contribution in [0.1, 0.15) is 57.6 Å². The molecule has 5 bridgehead atoms.